The number of nitro groups is 1. The molecule has 2 radical (unpaired) electrons. The van der Waals surface area contributed by atoms with Gasteiger partial charge < -0.3 is 5.73 Å². The molecule has 19 heavy (non-hydrogen) atoms. The third kappa shape index (κ3) is 4.73. The molecule has 0 aliphatic carbocycles. The molecule has 0 aliphatic rings. The number of benzene rings is 1. The van der Waals surface area contributed by atoms with Crippen LogP contribution in [0.25, 0.3) is 0 Å². The Morgan fingerprint density at radius 1 is 1.37 bits per heavy atom. The molecule has 0 atom stereocenters. The topological polar surface area (TPSA) is 81.5 Å². The lowest BCUT2D eigenvalue weighted by molar-refractivity contribution is -0.384. The average molecular weight is 285 g/mol. The quantitative estimate of drug-likeness (QED) is 0.400. The van der Waals surface area contributed by atoms with Crippen LogP contribution in [0.5, 0.6) is 0 Å². The summed E-state index contributed by atoms with van der Waals surface area (Å²) in [6.45, 7) is 0. The summed E-state index contributed by atoms with van der Waals surface area (Å²) in [5.41, 5.74) is 3.70. The molecule has 0 saturated carbocycles. The number of non-ortho nitro benzene ring substituents is 1. The van der Waals surface area contributed by atoms with Crippen LogP contribution in [-0.2, 0) is 0 Å². The van der Waals surface area contributed by atoms with E-state index >= 15 is 0 Å². The van der Waals surface area contributed by atoms with Gasteiger partial charge in [-0.2, -0.15) is 13.2 Å². The molecule has 0 heterocycles. The fourth-order valence-electron chi connectivity index (χ4n) is 1.07. The lowest BCUT2D eigenvalue weighted by atomic mass is 10.3. The number of hydrogen-bond acceptors (Lipinski definition) is 4. The lowest BCUT2D eigenvalue weighted by Crippen LogP contribution is -2.20. The molecule has 0 unspecified atom stereocenters. The van der Waals surface area contributed by atoms with E-state index in [2.05, 4.69) is 4.99 Å². The maximum Gasteiger partial charge on any atom is 0.430 e. The smallest absolute Gasteiger partial charge is 0.395 e. The van der Waals surface area contributed by atoms with Crippen LogP contribution in [0.1, 0.15) is 0 Å². The van der Waals surface area contributed by atoms with Gasteiger partial charge in [0.05, 0.1) is 10.6 Å². The minimum atomic E-state index is -4.62. The summed E-state index contributed by atoms with van der Waals surface area (Å²) in [5, 5.41) is 10.4. The predicted octanol–water partition coefficient (Wildman–Crippen LogP) is 2.20. The van der Waals surface area contributed by atoms with Gasteiger partial charge in [0.1, 0.15) is 5.70 Å². The van der Waals surface area contributed by atoms with E-state index in [4.69, 9.17) is 5.73 Å². The second-order valence-corrected chi connectivity index (χ2v) is 4.00. The number of rotatable bonds is 3. The van der Waals surface area contributed by atoms with Crippen molar-refractivity contribution in [3.63, 3.8) is 0 Å². The van der Waals surface area contributed by atoms with Crippen molar-refractivity contribution in [3.05, 3.63) is 46.2 Å². The number of nitrogens with zero attached hydrogens (tertiary/aromatic N) is 2. The highest BCUT2D eigenvalue weighted by atomic mass is 27.0. The maximum atomic E-state index is 12.2. The van der Waals surface area contributed by atoms with Gasteiger partial charge in [0, 0.05) is 12.1 Å². The van der Waals surface area contributed by atoms with E-state index in [1.807, 2.05) is 16.3 Å². The summed E-state index contributed by atoms with van der Waals surface area (Å²) in [6.07, 6.45) is -3.96. The number of aliphatic imine (C=N–C) groups is 1. The summed E-state index contributed by atoms with van der Waals surface area (Å²) in [4.78, 5) is 13.6. The van der Waals surface area contributed by atoms with Crippen molar-refractivity contribution in [2.45, 2.75) is 6.18 Å². The highest BCUT2D eigenvalue weighted by Gasteiger charge is 2.31. The first kappa shape index (κ1) is 15.2. The molecule has 9 heteroatoms. The van der Waals surface area contributed by atoms with Crippen LogP contribution < -0.4 is 5.73 Å². The molecule has 0 aliphatic heterocycles. The van der Waals surface area contributed by atoms with E-state index in [9.17, 15) is 23.3 Å². The van der Waals surface area contributed by atoms with Crippen molar-refractivity contribution in [2.24, 2.45) is 10.7 Å². The van der Waals surface area contributed by atoms with Gasteiger partial charge in [0.25, 0.3) is 5.69 Å². The molecule has 0 amide bonds. The molecule has 1 rings (SSSR count). The van der Waals surface area contributed by atoms with Crippen LogP contribution >= 0.6 is 0 Å². The Morgan fingerprint density at radius 2 is 1.89 bits per heavy atom. The van der Waals surface area contributed by atoms with Gasteiger partial charge in [-0.25, -0.2) is 0 Å². The van der Waals surface area contributed by atoms with E-state index in [0.29, 0.717) is 6.08 Å². The highest BCUT2D eigenvalue weighted by molar-refractivity contribution is 6.63. The third-order valence-corrected chi connectivity index (χ3v) is 2.25. The number of hydrogen-bond donors (Lipinski definition) is 1. The largest absolute Gasteiger partial charge is 0.430 e. The minimum absolute atomic E-state index is 0.0383. The molecular formula is C10H7AlF3N3O2. The van der Waals surface area contributed by atoms with Crippen LogP contribution in [0.15, 0.2) is 41.0 Å². The molecule has 0 saturated heterocycles. The number of nitro benzene ring substituents is 1. The summed E-state index contributed by atoms with van der Waals surface area (Å²) < 4.78 is 36.4. The Morgan fingerprint density at radius 3 is 2.32 bits per heavy atom. The zero-order valence-corrected chi connectivity index (χ0v) is 10.5. The Kier molecular flexibility index (Phi) is 4.69. The molecule has 0 aromatic heterocycles. The van der Waals surface area contributed by atoms with Gasteiger partial charge in [-0.3, -0.25) is 15.1 Å². The van der Waals surface area contributed by atoms with Crippen molar-refractivity contribution < 1.29 is 18.1 Å². The Hall–Kier alpha value is -1.85. The van der Waals surface area contributed by atoms with Gasteiger partial charge >= 0.3 is 6.18 Å². The van der Waals surface area contributed by atoms with Gasteiger partial charge in [-0.15, -0.1) is 0 Å². The molecule has 0 bridgehead atoms. The van der Waals surface area contributed by atoms with E-state index in [1.165, 1.54) is 24.3 Å². The minimum Gasteiger partial charge on any atom is -0.395 e. The summed E-state index contributed by atoms with van der Waals surface area (Å²) in [7, 11) is 0. The first-order valence-corrected chi connectivity index (χ1v) is 5.41. The zero-order valence-electron chi connectivity index (χ0n) is 9.39. The Bertz CT molecular complexity index is 538. The molecule has 1 aromatic carbocycles. The number of alkyl halides is 3. The van der Waals surface area contributed by atoms with Crippen molar-refractivity contribution >= 4 is 32.2 Å². The molecular weight excluding hydrogens is 278 g/mol. The fraction of sp³-hybridized carbons (Fsp3) is 0.100. The van der Waals surface area contributed by atoms with Crippen LogP contribution in [0, 0.1) is 10.1 Å². The van der Waals surface area contributed by atoms with E-state index in [1.54, 1.807) is 0 Å². The molecule has 98 valence electrons. The Labute approximate surface area is 114 Å². The first-order valence-electron chi connectivity index (χ1n) is 4.83. The van der Waals surface area contributed by atoms with Gasteiger partial charge in [-0.05, 0) is 18.2 Å². The zero-order chi connectivity index (χ0) is 14.6. The van der Waals surface area contributed by atoms with E-state index < -0.39 is 16.8 Å². The SMILES string of the molecule is NC(=C[C]([Al])=Nc1ccc([N+](=O)[O-])cc1)C(F)(F)F. The molecule has 0 spiro atoms. The monoisotopic (exact) mass is 285 g/mol. The maximum absolute atomic E-state index is 12.2. The Balaban J connectivity index is 2.94. The second kappa shape index (κ2) is 5.86. The summed E-state index contributed by atoms with van der Waals surface area (Å²) in [6, 6.07) is 5.04. The van der Waals surface area contributed by atoms with Gasteiger partial charge in [-0.1, -0.05) is 4.57 Å². The van der Waals surface area contributed by atoms with Crippen LogP contribution in [0.3, 0.4) is 0 Å². The third-order valence-electron chi connectivity index (χ3n) is 1.95. The van der Waals surface area contributed by atoms with Crippen molar-refractivity contribution in [1.29, 1.82) is 0 Å². The number of allylic oxidation sites excluding steroid dienone is 2. The van der Waals surface area contributed by atoms with Crippen LogP contribution in [0.4, 0.5) is 24.5 Å². The molecule has 0 fully saturated rings. The van der Waals surface area contributed by atoms with Crippen molar-refractivity contribution in [3.8, 4) is 0 Å². The summed E-state index contributed by atoms with van der Waals surface area (Å²) >= 11 is 2.00. The summed E-state index contributed by atoms with van der Waals surface area (Å²) in [5.74, 6) is 0. The standard InChI is InChI=1S/C10H7F3N3O2.Al/c11-10(12,13)9(14)5-6-15-7-1-3-8(4-2-7)16(17)18;/h1-5H,14H2;. The van der Waals surface area contributed by atoms with Crippen molar-refractivity contribution in [2.75, 3.05) is 0 Å². The lowest BCUT2D eigenvalue weighted by Gasteiger charge is -2.06. The number of halogens is 3. The number of nitrogens with two attached hydrogens (primary N) is 1. The average Bonchev–Trinajstić information content (AvgIpc) is 2.28. The fourth-order valence-corrected chi connectivity index (χ4v) is 1.40. The predicted molar refractivity (Wildman–Crippen MR) is 64.3 cm³/mol. The molecule has 1 aromatic rings. The molecule has 5 nitrogen and oxygen atoms in total. The van der Waals surface area contributed by atoms with Gasteiger partial charge in [0.2, 0.25) is 16.3 Å². The highest BCUT2D eigenvalue weighted by Crippen LogP contribution is 2.22. The van der Waals surface area contributed by atoms with Gasteiger partial charge in [0.15, 0.2) is 0 Å². The first-order chi connectivity index (χ1) is 8.70. The van der Waals surface area contributed by atoms with Crippen LogP contribution in [-0.4, -0.2) is 32.0 Å². The van der Waals surface area contributed by atoms with E-state index in [-0.39, 0.29) is 15.9 Å². The normalized spacial score (nSPS) is 13.4. The second-order valence-electron chi connectivity index (χ2n) is 3.41. The van der Waals surface area contributed by atoms with Crippen LogP contribution in [0.2, 0.25) is 0 Å². The molecule has 2 N–H and O–H groups in total. The van der Waals surface area contributed by atoms with E-state index in [0.717, 1.165) is 0 Å². The van der Waals surface area contributed by atoms with Crippen molar-refractivity contribution in [1.82, 2.24) is 0 Å².